The fourth-order valence-corrected chi connectivity index (χ4v) is 10.3. The summed E-state index contributed by atoms with van der Waals surface area (Å²) in [6.07, 6.45) is 4.90. The summed E-state index contributed by atoms with van der Waals surface area (Å²) in [5.74, 6) is 0.995. The molecule has 5 aromatic rings. The first kappa shape index (κ1) is 45.6. The van der Waals surface area contributed by atoms with Crippen LogP contribution in [0.4, 0.5) is 9.59 Å². The van der Waals surface area contributed by atoms with Crippen molar-refractivity contribution in [1.29, 1.82) is 0 Å². The highest BCUT2D eigenvalue weighted by atomic mass is 16.5. The largest absolute Gasteiger partial charge is 0.453 e. The second-order valence-electron chi connectivity index (χ2n) is 18.5. The molecule has 65 heavy (non-hydrogen) atoms. The number of carbonyl (C=O) groups excluding carboxylic acids is 4. The Kier molecular flexibility index (Phi) is 13.5. The Morgan fingerprint density at radius 1 is 0.723 bits per heavy atom. The Labute approximate surface area is 379 Å². The molecule has 3 aliphatic rings. The Hall–Kier alpha value is -6.00. The Morgan fingerprint density at radius 3 is 1.86 bits per heavy atom. The minimum Gasteiger partial charge on any atom is -0.453 e. The van der Waals surface area contributed by atoms with Crippen LogP contribution in [0.5, 0.6) is 0 Å². The number of carbonyl (C=O) groups is 4. The van der Waals surface area contributed by atoms with Crippen LogP contribution in [-0.4, -0.2) is 121 Å². The van der Waals surface area contributed by atoms with E-state index in [1.165, 1.54) is 30.9 Å². The molecule has 0 spiro atoms. The zero-order valence-electron chi connectivity index (χ0n) is 38.7. The van der Waals surface area contributed by atoms with Crippen molar-refractivity contribution in [3.63, 3.8) is 0 Å². The number of ether oxygens (including phenoxy) is 4. The summed E-state index contributed by atoms with van der Waals surface area (Å²) >= 11 is 0. The van der Waals surface area contributed by atoms with E-state index in [-0.39, 0.29) is 47.6 Å². The van der Waals surface area contributed by atoms with Gasteiger partial charge in [0.25, 0.3) is 0 Å². The topological polar surface area (TPSA) is 193 Å². The van der Waals surface area contributed by atoms with Crippen molar-refractivity contribution in [2.75, 3.05) is 54.7 Å². The van der Waals surface area contributed by atoms with Crippen LogP contribution in [0.1, 0.15) is 81.8 Å². The molecule has 0 bridgehead atoms. The molecule has 2 aliphatic heterocycles. The molecular weight excluding hydrogens is 829 g/mol. The van der Waals surface area contributed by atoms with Crippen LogP contribution in [-0.2, 0) is 41.4 Å². The summed E-state index contributed by atoms with van der Waals surface area (Å²) in [6.45, 7) is 9.62. The van der Waals surface area contributed by atoms with Gasteiger partial charge in [-0.1, -0.05) is 58.0 Å². The van der Waals surface area contributed by atoms with E-state index in [0.29, 0.717) is 50.8 Å². The summed E-state index contributed by atoms with van der Waals surface area (Å²) in [4.78, 5) is 73.4. The molecule has 6 atom stereocenters. The van der Waals surface area contributed by atoms with Gasteiger partial charge in [0.1, 0.15) is 23.7 Å². The van der Waals surface area contributed by atoms with Gasteiger partial charge in [0, 0.05) is 50.1 Å². The van der Waals surface area contributed by atoms with Gasteiger partial charge in [-0.2, -0.15) is 0 Å². The molecule has 4 amide bonds. The number of aromatic nitrogens is 4. The highest BCUT2D eigenvalue weighted by Gasteiger charge is 2.43. The quantitative estimate of drug-likeness (QED) is 0.0895. The molecule has 3 aromatic carbocycles. The summed E-state index contributed by atoms with van der Waals surface area (Å²) in [5, 5.41) is 7.59. The van der Waals surface area contributed by atoms with E-state index in [1.807, 2.05) is 49.8 Å². The van der Waals surface area contributed by atoms with Crippen LogP contribution < -0.4 is 10.6 Å². The van der Waals surface area contributed by atoms with Gasteiger partial charge in [-0.05, 0) is 83.7 Å². The molecule has 4 N–H and O–H groups in total. The smallest absolute Gasteiger partial charge is 0.407 e. The van der Waals surface area contributed by atoms with E-state index < -0.39 is 24.3 Å². The van der Waals surface area contributed by atoms with Gasteiger partial charge in [-0.15, -0.1) is 0 Å². The van der Waals surface area contributed by atoms with Crippen LogP contribution in [0.3, 0.4) is 0 Å². The van der Waals surface area contributed by atoms with Gasteiger partial charge in [-0.25, -0.2) is 19.6 Å². The fourth-order valence-electron chi connectivity index (χ4n) is 10.3. The van der Waals surface area contributed by atoms with Crippen LogP contribution in [0.2, 0.25) is 0 Å². The summed E-state index contributed by atoms with van der Waals surface area (Å²) in [7, 11) is 5.93. The van der Waals surface area contributed by atoms with Crippen molar-refractivity contribution in [2.45, 2.75) is 84.0 Å². The van der Waals surface area contributed by atoms with Crippen LogP contribution in [0, 0.1) is 23.7 Å². The molecule has 16 nitrogen and oxygen atoms in total. The predicted octanol–water partition coefficient (Wildman–Crippen LogP) is 7.10. The number of fused-ring (bicyclic) bond motifs is 4. The number of imidazole rings is 2. The Balaban J connectivity index is 1.07. The number of alkyl carbamates (subject to hydrolysis) is 2. The average molecular weight is 891 g/mol. The molecule has 0 saturated carbocycles. The number of methoxy groups -OCH3 is 4. The van der Waals surface area contributed by atoms with Gasteiger partial charge < -0.3 is 49.3 Å². The van der Waals surface area contributed by atoms with Gasteiger partial charge in [-0.3, -0.25) is 9.59 Å². The van der Waals surface area contributed by atoms with Crippen molar-refractivity contribution < 1.29 is 38.1 Å². The Bertz CT molecular complexity index is 2570. The lowest BCUT2D eigenvalue weighted by Crippen LogP contribution is -2.51. The molecule has 4 heterocycles. The van der Waals surface area contributed by atoms with Crippen molar-refractivity contribution in [2.24, 2.45) is 23.7 Å². The van der Waals surface area contributed by atoms with E-state index in [0.717, 1.165) is 57.9 Å². The normalized spacial score (nSPS) is 20.5. The van der Waals surface area contributed by atoms with E-state index in [1.54, 1.807) is 14.2 Å². The van der Waals surface area contributed by atoms with Gasteiger partial charge in [0.2, 0.25) is 11.8 Å². The van der Waals surface area contributed by atoms with Crippen molar-refractivity contribution in [3.8, 4) is 22.4 Å². The third-order valence-corrected chi connectivity index (χ3v) is 13.5. The molecule has 2 saturated heterocycles. The maximum absolute atomic E-state index is 14.1. The predicted molar refractivity (Wildman–Crippen MR) is 246 cm³/mol. The number of H-pyrrole nitrogens is 2. The number of hydrogen-bond donors (Lipinski definition) is 4. The van der Waals surface area contributed by atoms with Crippen molar-refractivity contribution >= 4 is 45.8 Å². The zero-order chi connectivity index (χ0) is 46.1. The lowest BCUT2D eigenvalue weighted by molar-refractivity contribution is -0.136. The lowest BCUT2D eigenvalue weighted by Gasteiger charge is -2.30. The molecule has 8 rings (SSSR count). The summed E-state index contributed by atoms with van der Waals surface area (Å²) < 4.78 is 20.7. The molecule has 1 aliphatic carbocycles. The maximum atomic E-state index is 14.1. The average Bonchev–Trinajstić information content (AvgIpc) is 4.16. The molecule has 0 radical (unpaired) electrons. The number of benzene rings is 3. The first-order chi connectivity index (χ1) is 31.3. The highest BCUT2D eigenvalue weighted by molar-refractivity contribution is 6.05. The van der Waals surface area contributed by atoms with E-state index in [4.69, 9.17) is 28.9 Å². The number of aromatic amines is 2. The number of amides is 4. The minimum atomic E-state index is -0.751. The lowest BCUT2D eigenvalue weighted by atomic mass is 9.91. The molecule has 346 valence electrons. The van der Waals surface area contributed by atoms with Crippen molar-refractivity contribution in [1.82, 2.24) is 40.4 Å². The first-order valence-corrected chi connectivity index (χ1v) is 22.7. The summed E-state index contributed by atoms with van der Waals surface area (Å²) in [5.41, 5.74) is 8.70. The van der Waals surface area contributed by atoms with Crippen molar-refractivity contribution in [3.05, 3.63) is 71.4 Å². The molecular formula is C49H62N8O8. The first-order valence-electron chi connectivity index (χ1n) is 22.7. The molecule has 2 fully saturated rings. The number of likely N-dealkylation sites (tertiary alicyclic amines) is 2. The third-order valence-electron chi connectivity index (χ3n) is 13.5. The summed E-state index contributed by atoms with van der Waals surface area (Å²) in [6, 6.07) is 13.0. The standard InChI is InChI=1S/C49H62N8O8/c1-26(2)41(54-48(60)64-7)46(58)56-22-28(24-62-5)18-39(56)44-50-21-38(52-44)36-16-15-32(34-10-9-11-35(34)36)30-12-14-33-31(20-30)13-17-37-43(33)53-45(51-37)40-19-29(25-63-6)23-57(40)47(59)42(27(3)4)55-49(61)65-8/h12-17,20-21,26-29,39-42H,9-11,18-19,22-25H2,1-8H3,(H,50,52)(H,51,53)(H,54,60)(H,55,61)/t28-,29-,39-,40-,41-,42-/m0/s1. The van der Waals surface area contributed by atoms with Crippen LogP contribution in [0.25, 0.3) is 44.2 Å². The van der Waals surface area contributed by atoms with E-state index >= 15 is 0 Å². The minimum absolute atomic E-state index is 0.110. The number of rotatable bonds is 14. The second-order valence-corrected chi connectivity index (χ2v) is 18.5. The molecule has 2 aromatic heterocycles. The monoisotopic (exact) mass is 890 g/mol. The third kappa shape index (κ3) is 9.02. The van der Waals surface area contributed by atoms with Crippen LogP contribution >= 0.6 is 0 Å². The van der Waals surface area contributed by atoms with E-state index in [9.17, 15) is 19.2 Å². The maximum Gasteiger partial charge on any atom is 0.407 e. The van der Waals surface area contributed by atoms with Gasteiger partial charge in [0.15, 0.2) is 0 Å². The fraction of sp³-hybridized carbons (Fsp3) is 0.510. The zero-order valence-corrected chi connectivity index (χ0v) is 38.7. The molecule has 0 unspecified atom stereocenters. The number of nitrogens with one attached hydrogen (secondary N) is 4. The number of hydrogen-bond acceptors (Lipinski definition) is 10. The SMILES string of the molecule is COC[C@H]1C[C@@H](c2ncc(-c3ccc(-c4ccc5c(ccc6nc([C@@H]7C[C@H](COC)CN7C(=O)[C@@H](NC(=O)OC)C(C)C)[nH]c65)c4)c4c3CCC4)[nH]2)N(C(=O)[C@@H](NC(=O)OC)C(C)C)C1. The van der Waals surface area contributed by atoms with Gasteiger partial charge >= 0.3 is 12.2 Å². The molecule has 16 heteroatoms. The second kappa shape index (κ2) is 19.2. The Morgan fingerprint density at radius 2 is 1.29 bits per heavy atom. The highest BCUT2D eigenvalue weighted by Crippen LogP contribution is 2.42. The number of nitrogens with zero attached hydrogens (tertiary/aromatic N) is 4. The van der Waals surface area contributed by atoms with Gasteiger partial charge in [0.05, 0.1) is 62.4 Å². The van der Waals surface area contributed by atoms with E-state index in [2.05, 4.69) is 57.0 Å². The van der Waals surface area contributed by atoms with Crippen LogP contribution in [0.15, 0.2) is 48.7 Å².